The number of nitrogens with two attached hydrogens (primary N) is 1. The van der Waals surface area contributed by atoms with Crippen LogP contribution < -0.4 is 5.73 Å². The Morgan fingerprint density at radius 3 is 2.44 bits per heavy atom. The van der Waals surface area contributed by atoms with Gasteiger partial charge in [-0.15, -0.1) is 0 Å². The fourth-order valence-electron chi connectivity index (χ4n) is 2.81. The lowest BCUT2D eigenvalue weighted by Gasteiger charge is -2.43. The van der Waals surface area contributed by atoms with E-state index < -0.39 is 0 Å². The summed E-state index contributed by atoms with van der Waals surface area (Å²) in [5.41, 5.74) is 7.31. The number of hydrogen-bond donors (Lipinski definition) is 1. The molecule has 0 aromatic heterocycles. The fraction of sp³-hybridized carbons (Fsp3) is 0.571. The summed E-state index contributed by atoms with van der Waals surface area (Å²) in [4.78, 5) is 2.40. The minimum absolute atomic E-state index is 0.0959. The zero-order valence-electron chi connectivity index (χ0n) is 10.9. The normalized spacial score (nSPS) is 25.7. The maximum Gasteiger partial charge on any atom is 0.0531 e. The molecule has 1 aliphatic heterocycles. The summed E-state index contributed by atoms with van der Waals surface area (Å²) in [5.74, 6) is 0. The maximum atomic E-state index is 6.33. The highest BCUT2D eigenvalue weighted by atomic mass is 35.5. The first-order valence-corrected chi connectivity index (χ1v) is 7.23. The van der Waals surface area contributed by atoms with Crippen LogP contribution in [0.1, 0.15) is 38.3 Å². The molecule has 1 aliphatic rings. The molecule has 1 saturated heterocycles. The summed E-state index contributed by atoms with van der Waals surface area (Å²) >= 11 is 12.7. The van der Waals surface area contributed by atoms with Crippen molar-refractivity contribution in [2.45, 2.75) is 44.8 Å². The predicted molar refractivity (Wildman–Crippen MR) is 78.3 cm³/mol. The zero-order valence-corrected chi connectivity index (χ0v) is 12.4. The van der Waals surface area contributed by atoms with E-state index in [-0.39, 0.29) is 12.1 Å². The number of halogens is 2. The monoisotopic (exact) mass is 286 g/mol. The summed E-state index contributed by atoms with van der Waals surface area (Å²) < 4.78 is 0. The molecule has 1 fully saturated rings. The molecule has 100 valence electrons. The Labute approximate surface area is 119 Å². The Kier molecular flexibility index (Phi) is 4.54. The average Bonchev–Trinajstić information content (AvgIpc) is 2.30. The van der Waals surface area contributed by atoms with Gasteiger partial charge in [-0.2, -0.15) is 0 Å². The van der Waals surface area contributed by atoms with Gasteiger partial charge in [-0.25, -0.2) is 0 Å². The highest BCUT2D eigenvalue weighted by Crippen LogP contribution is 2.39. The SMILES string of the molecule is CC(C)N1CCCC(N)C1c1c(Cl)cccc1Cl. The molecule has 0 radical (unpaired) electrons. The molecule has 2 atom stereocenters. The molecule has 18 heavy (non-hydrogen) atoms. The van der Waals surface area contributed by atoms with Gasteiger partial charge < -0.3 is 5.73 Å². The lowest BCUT2D eigenvalue weighted by molar-refractivity contribution is 0.0948. The van der Waals surface area contributed by atoms with Gasteiger partial charge in [0.1, 0.15) is 0 Å². The van der Waals surface area contributed by atoms with Gasteiger partial charge >= 0.3 is 0 Å². The van der Waals surface area contributed by atoms with Crippen LogP contribution in [0.4, 0.5) is 0 Å². The van der Waals surface area contributed by atoms with Crippen molar-refractivity contribution in [1.29, 1.82) is 0 Å². The van der Waals surface area contributed by atoms with Gasteiger partial charge in [0.15, 0.2) is 0 Å². The van der Waals surface area contributed by atoms with Crippen LogP contribution in [0.3, 0.4) is 0 Å². The molecule has 2 unspecified atom stereocenters. The molecule has 0 bridgehead atoms. The van der Waals surface area contributed by atoms with Crippen molar-refractivity contribution < 1.29 is 0 Å². The number of nitrogens with zero attached hydrogens (tertiary/aromatic N) is 1. The zero-order chi connectivity index (χ0) is 13.3. The van der Waals surface area contributed by atoms with Crippen LogP contribution in [-0.2, 0) is 0 Å². The largest absolute Gasteiger partial charge is 0.326 e. The number of likely N-dealkylation sites (tertiary alicyclic amines) is 1. The molecule has 1 aromatic rings. The second-order valence-electron chi connectivity index (χ2n) is 5.22. The number of piperidine rings is 1. The second kappa shape index (κ2) is 5.79. The Bertz CT molecular complexity index is 400. The minimum Gasteiger partial charge on any atom is -0.326 e. The van der Waals surface area contributed by atoms with Crippen LogP contribution >= 0.6 is 23.2 Å². The number of rotatable bonds is 2. The van der Waals surface area contributed by atoms with E-state index in [1.165, 1.54) is 0 Å². The molecular weight excluding hydrogens is 267 g/mol. The Balaban J connectivity index is 2.44. The van der Waals surface area contributed by atoms with E-state index in [0.29, 0.717) is 6.04 Å². The molecule has 2 rings (SSSR count). The highest BCUT2D eigenvalue weighted by molar-refractivity contribution is 6.36. The van der Waals surface area contributed by atoms with E-state index in [2.05, 4.69) is 18.7 Å². The van der Waals surface area contributed by atoms with Crippen LogP contribution in [0.2, 0.25) is 10.0 Å². The second-order valence-corrected chi connectivity index (χ2v) is 6.03. The van der Waals surface area contributed by atoms with Crippen molar-refractivity contribution in [1.82, 2.24) is 4.90 Å². The van der Waals surface area contributed by atoms with Crippen molar-refractivity contribution in [3.8, 4) is 0 Å². The first-order chi connectivity index (χ1) is 8.52. The molecule has 2 N–H and O–H groups in total. The summed E-state index contributed by atoms with van der Waals surface area (Å²) in [7, 11) is 0. The van der Waals surface area contributed by atoms with E-state index in [9.17, 15) is 0 Å². The third-order valence-corrected chi connectivity index (χ3v) is 4.33. The van der Waals surface area contributed by atoms with Gasteiger partial charge in [0.05, 0.1) is 6.04 Å². The molecule has 0 amide bonds. The van der Waals surface area contributed by atoms with Crippen molar-refractivity contribution >= 4 is 23.2 Å². The lowest BCUT2D eigenvalue weighted by atomic mass is 9.90. The topological polar surface area (TPSA) is 29.3 Å². The predicted octanol–water partition coefficient (Wildman–Crippen LogP) is 3.87. The molecule has 0 spiro atoms. The van der Waals surface area contributed by atoms with Gasteiger partial charge in [0.25, 0.3) is 0 Å². The number of hydrogen-bond acceptors (Lipinski definition) is 2. The van der Waals surface area contributed by atoms with Gasteiger partial charge in [0.2, 0.25) is 0 Å². The van der Waals surface area contributed by atoms with Crippen molar-refractivity contribution in [3.05, 3.63) is 33.8 Å². The Morgan fingerprint density at radius 2 is 1.89 bits per heavy atom. The third-order valence-electron chi connectivity index (χ3n) is 3.68. The Hall–Kier alpha value is -0.280. The van der Waals surface area contributed by atoms with Gasteiger partial charge in [-0.05, 0) is 45.4 Å². The van der Waals surface area contributed by atoms with E-state index in [1.807, 2.05) is 18.2 Å². The molecule has 0 saturated carbocycles. The smallest absolute Gasteiger partial charge is 0.0531 e. The summed E-state index contributed by atoms with van der Waals surface area (Å²) in [6, 6.07) is 6.32. The van der Waals surface area contributed by atoms with Crippen molar-refractivity contribution in [2.24, 2.45) is 5.73 Å². The maximum absolute atomic E-state index is 6.33. The number of benzene rings is 1. The van der Waals surface area contributed by atoms with Crippen LogP contribution in [0.15, 0.2) is 18.2 Å². The molecule has 2 nitrogen and oxygen atoms in total. The lowest BCUT2D eigenvalue weighted by Crippen LogP contribution is -2.48. The Morgan fingerprint density at radius 1 is 1.28 bits per heavy atom. The average molecular weight is 287 g/mol. The highest BCUT2D eigenvalue weighted by Gasteiger charge is 2.34. The first-order valence-electron chi connectivity index (χ1n) is 6.47. The van der Waals surface area contributed by atoms with E-state index in [0.717, 1.165) is 35.0 Å². The van der Waals surface area contributed by atoms with E-state index in [1.54, 1.807) is 0 Å². The third kappa shape index (κ3) is 2.67. The van der Waals surface area contributed by atoms with E-state index >= 15 is 0 Å². The van der Waals surface area contributed by atoms with Gasteiger partial charge in [0, 0.05) is 27.7 Å². The molecule has 1 aromatic carbocycles. The van der Waals surface area contributed by atoms with Crippen molar-refractivity contribution in [3.63, 3.8) is 0 Å². The molecular formula is C14H20Cl2N2. The molecule has 0 aliphatic carbocycles. The van der Waals surface area contributed by atoms with Crippen molar-refractivity contribution in [2.75, 3.05) is 6.54 Å². The summed E-state index contributed by atoms with van der Waals surface area (Å²) in [6.07, 6.45) is 2.16. The molecule has 1 heterocycles. The fourth-order valence-corrected chi connectivity index (χ4v) is 3.43. The molecule has 4 heteroatoms. The van der Waals surface area contributed by atoms with Gasteiger partial charge in [-0.1, -0.05) is 29.3 Å². The van der Waals surface area contributed by atoms with Crippen LogP contribution in [-0.4, -0.2) is 23.5 Å². The minimum atomic E-state index is 0.0959. The van der Waals surface area contributed by atoms with Crippen LogP contribution in [0.5, 0.6) is 0 Å². The standard InChI is InChI=1S/C14H20Cl2N2/c1-9(2)18-8-4-7-12(17)14(18)13-10(15)5-3-6-11(13)16/h3,5-6,9,12,14H,4,7-8,17H2,1-2H3. The quantitative estimate of drug-likeness (QED) is 0.894. The van der Waals surface area contributed by atoms with Crippen LogP contribution in [0, 0.1) is 0 Å². The van der Waals surface area contributed by atoms with E-state index in [4.69, 9.17) is 28.9 Å². The van der Waals surface area contributed by atoms with Crippen LogP contribution in [0.25, 0.3) is 0 Å². The first kappa shape index (κ1) is 14.1. The summed E-state index contributed by atoms with van der Waals surface area (Å²) in [6.45, 7) is 5.43. The van der Waals surface area contributed by atoms with Gasteiger partial charge in [-0.3, -0.25) is 4.90 Å². The summed E-state index contributed by atoms with van der Waals surface area (Å²) in [5, 5.41) is 1.44.